The van der Waals surface area contributed by atoms with E-state index in [4.69, 9.17) is 9.47 Å². The number of nitrogens with one attached hydrogen (secondary N) is 1. The molecule has 106 valence electrons. The first-order chi connectivity index (χ1) is 9.78. The molecule has 0 bridgehead atoms. The minimum Gasteiger partial charge on any atom is -0.497 e. The van der Waals surface area contributed by atoms with Crippen molar-refractivity contribution < 1.29 is 9.47 Å². The lowest BCUT2D eigenvalue weighted by Gasteiger charge is -2.11. The molecule has 4 nitrogen and oxygen atoms in total. The number of aromatic nitrogens is 1. The predicted octanol–water partition coefficient (Wildman–Crippen LogP) is 2.88. The first kappa shape index (κ1) is 14.3. The van der Waals surface area contributed by atoms with Crippen LogP contribution in [0.4, 0.5) is 0 Å². The van der Waals surface area contributed by atoms with Gasteiger partial charge in [0, 0.05) is 30.1 Å². The summed E-state index contributed by atoms with van der Waals surface area (Å²) in [6.07, 6.45) is 3.71. The van der Waals surface area contributed by atoms with Crippen LogP contribution in [0.1, 0.15) is 12.5 Å². The Bertz CT molecular complexity index is 570. The summed E-state index contributed by atoms with van der Waals surface area (Å²) in [4.78, 5) is 4.31. The molecule has 0 saturated heterocycles. The molecule has 20 heavy (non-hydrogen) atoms. The molecule has 1 aromatic heterocycles. The number of hydrogen-bond acceptors (Lipinski definition) is 4. The normalized spacial score (nSPS) is 10.3. The van der Waals surface area contributed by atoms with Crippen LogP contribution in [-0.4, -0.2) is 25.7 Å². The molecule has 0 fully saturated rings. The second kappa shape index (κ2) is 6.91. The Morgan fingerprint density at radius 3 is 2.65 bits per heavy atom. The third-order valence-corrected chi connectivity index (χ3v) is 3.09. The molecule has 1 heterocycles. The minimum atomic E-state index is 0.804. The van der Waals surface area contributed by atoms with Crippen LogP contribution in [0.2, 0.25) is 0 Å². The monoisotopic (exact) mass is 272 g/mol. The van der Waals surface area contributed by atoms with E-state index >= 15 is 0 Å². The standard InChI is InChI=1S/C16H20N2O2/c1-4-17-9-12-7-13(11-18-10-12)15-8-14(19-2)5-6-16(15)20-3/h5-8,10-11,17H,4,9H2,1-3H3. The highest BCUT2D eigenvalue weighted by molar-refractivity contribution is 5.71. The summed E-state index contributed by atoms with van der Waals surface area (Å²) in [6, 6.07) is 7.88. The van der Waals surface area contributed by atoms with E-state index in [9.17, 15) is 0 Å². The Hall–Kier alpha value is -2.07. The number of benzene rings is 1. The highest BCUT2D eigenvalue weighted by atomic mass is 16.5. The number of methoxy groups -OCH3 is 2. The first-order valence-electron chi connectivity index (χ1n) is 6.65. The van der Waals surface area contributed by atoms with Gasteiger partial charge in [-0.2, -0.15) is 0 Å². The van der Waals surface area contributed by atoms with E-state index in [0.717, 1.165) is 41.3 Å². The molecule has 4 heteroatoms. The van der Waals surface area contributed by atoms with Gasteiger partial charge in [0.2, 0.25) is 0 Å². The summed E-state index contributed by atoms with van der Waals surface area (Å²) < 4.78 is 10.7. The SMILES string of the molecule is CCNCc1cncc(-c2cc(OC)ccc2OC)c1. The quantitative estimate of drug-likeness (QED) is 0.878. The van der Waals surface area contributed by atoms with Crippen molar-refractivity contribution in [2.45, 2.75) is 13.5 Å². The first-order valence-corrected chi connectivity index (χ1v) is 6.65. The fourth-order valence-corrected chi connectivity index (χ4v) is 2.04. The maximum atomic E-state index is 5.42. The van der Waals surface area contributed by atoms with Crippen LogP contribution in [0.3, 0.4) is 0 Å². The second-order valence-electron chi connectivity index (χ2n) is 4.43. The molecule has 0 atom stereocenters. The van der Waals surface area contributed by atoms with Crippen LogP contribution < -0.4 is 14.8 Å². The molecule has 2 aromatic rings. The lowest BCUT2D eigenvalue weighted by molar-refractivity contribution is 0.404. The molecule has 0 radical (unpaired) electrons. The van der Waals surface area contributed by atoms with Gasteiger partial charge >= 0.3 is 0 Å². The highest BCUT2D eigenvalue weighted by Gasteiger charge is 2.08. The van der Waals surface area contributed by atoms with Crippen molar-refractivity contribution in [2.75, 3.05) is 20.8 Å². The predicted molar refractivity (Wildman–Crippen MR) is 80.2 cm³/mol. The van der Waals surface area contributed by atoms with Crippen molar-refractivity contribution in [1.82, 2.24) is 10.3 Å². The Morgan fingerprint density at radius 2 is 1.95 bits per heavy atom. The van der Waals surface area contributed by atoms with Crippen molar-refractivity contribution in [2.24, 2.45) is 0 Å². The zero-order valence-electron chi connectivity index (χ0n) is 12.1. The molecule has 0 aliphatic carbocycles. The van der Waals surface area contributed by atoms with E-state index in [1.165, 1.54) is 0 Å². The van der Waals surface area contributed by atoms with Crippen LogP contribution in [0, 0.1) is 0 Å². The molecule has 0 amide bonds. The molecular formula is C16H20N2O2. The van der Waals surface area contributed by atoms with Gasteiger partial charge in [-0.15, -0.1) is 0 Å². The zero-order chi connectivity index (χ0) is 14.4. The Morgan fingerprint density at radius 1 is 1.10 bits per heavy atom. The van der Waals surface area contributed by atoms with E-state index in [1.54, 1.807) is 14.2 Å². The topological polar surface area (TPSA) is 43.4 Å². The average Bonchev–Trinajstić information content (AvgIpc) is 2.52. The van der Waals surface area contributed by atoms with Gasteiger partial charge < -0.3 is 14.8 Å². The van der Waals surface area contributed by atoms with E-state index in [0.29, 0.717) is 0 Å². The fraction of sp³-hybridized carbons (Fsp3) is 0.312. The van der Waals surface area contributed by atoms with Gasteiger partial charge in [0.25, 0.3) is 0 Å². The van der Waals surface area contributed by atoms with Crippen molar-refractivity contribution in [3.8, 4) is 22.6 Å². The third-order valence-electron chi connectivity index (χ3n) is 3.09. The van der Waals surface area contributed by atoms with E-state index < -0.39 is 0 Å². The molecular weight excluding hydrogens is 252 g/mol. The number of nitrogens with zero attached hydrogens (tertiary/aromatic N) is 1. The van der Waals surface area contributed by atoms with Crippen molar-refractivity contribution >= 4 is 0 Å². The Labute approximate surface area is 119 Å². The van der Waals surface area contributed by atoms with Gasteiger partial charge in [0.1, 0.15) is 11.5 Å². The lowest BCUT2D eigenvalue weighted by Crippen LogP contribution is -2.11. The third kappa shape index (κ3) is 3.27. The Balaban J connectivity index is 2.39. The number of pyridine rings is 1. The van der Waals surface area contributed by atoms with E-state index in [2.05, 4.69) is 23.3 Å². The highest BCUT2D eigenvalue weighted by Crippen LogP contribution is 2.33. The van der Waals surface area contributed by atoms with Crippen LogP contribution in [0.5, 0.6) is 11.5 Å². The van der Waals surface area contributed by atoms with Crippen LogP contribution in [-0.2, 0) is 6.54 Å². The van der Waals surface area contributed by atoms with Gasteiger partial charge in [-0.3, -0.25) is 4.98 Å². The molecule has 1 N–H and O–H groups in total. The maximum absolute atomic E-state index is 5.42. The molecule has 2 rings (SSSR count). The van der Waals surface area contributed by atoms with Gasteiger partial charge in [-0.1, -0.05) is 6.92 Å². The van der Waals surface area contributed by atoms with E-state index in [-0.39, 0.29) is 0 Å². The lowest BCUT2D eigenvalue weighted by atomic mass is 10.0. The smallest absolute Gasteiger partial charge is 0.127 e. The van der Waals surface area contributed by atoms with Crippen LogP contribution in [0.15, 0.2) is 36.7 Å². The molecule has 0 aliphatic rings. The van der Waals surface area contributed by atoms with Crippen molar-refractivity contribution in [3.05, 3.63) is 42.2 Å². The number of rotatable bonds is 6. The summed E-state index contributed by atoms with van der Waals surface area (Å²) in [6.45, 7) is 3.83. The molecule has 1 aromatic carbocycles. The van der Waals surface area contributed by atoms with Gasteiger partial charge in [0.05, 0.1) is 14.2 Å². The molecule has 0 aliphatic heterocycles. The summed E-state index contributed by atoms with van der Waals surface area (Å²) in [5.41, 5.74) is 3.16. The van der Waals surface area contributed by atoms with Gasteiger partial charge in [-0.25, -0.2) is 0 Å². The summed E-state index contributed by atoms with van der Waals surface area (Å²) in [7, 11) is 3.33. The largest absolute Gasteiger partial charge is 0.497 e. The maximum Gasteiger partial charge on any atom is 0.127 e. The Kier molecular flexibility index (Phi) is 4.96. The van der Waals surface area contributed by atoms with Crippen molar-refractivity contribution in [1.29, 1.82) is 0 Å². The summed E-state index contributed by atoms with van der Waals surface area (Å²) >= 11 is 0. The molecule has 0 spiro atoms. The summed E-state index contributed by atoms with van der Waals surface area (Å²) in [5.74, 6) is 1.62. The number of ether oxygens (including phenoxy) is 2. The van der Waals surface area contributed by atoms with Gasteiger partial charge in [-0.05, 0) is 36.4 Å². The van der Waals surface area contributed by atoms with Crippen LogP contribution in [0.25, 0.3) is 11.1 Å². The minimum absolute atomic E-state index is 0.804. The number of hydrogen-bond donors (Lipinski definition) is 1. The fourth-order valence-electron chi connectivity index (χ4n) is 2.04. The zero-order valence-corrected chi connectivity index (χ0v) is 12.1. The average molecular weight is 272 g/mol. The summed E-state index contributed by atoms with van der Waals surface area (Å²) in [5, 5.41) is 3.30. The van der Waals surface area contributed by atoms with Crippen LogP contribution >= 0.6 is 0 Å². The molecule has 0 saturated carbocycles. The van der Waals surface area contributed by atoms with Gasteiger partial charge in [0.15, 0.2) is 0 Å². The molecule has 0 unspecified atom stereocenters. The van der Waals surface area contributed by atoms with Crippen molar-refractivity contribution in [3.63, 3.8) is 0 Å². The van der Waals surface area contributed by atoms with E-state index in [1.807, 2.05) is 30.6 Å². The second-order valence-corrected chi connectivity index (χ2v) is 4.43.